The van der Waals surface area contributed by atoms with Gasteiger partial charge in [0.25, 0.3) is 0 Å². The highest BCUT2D eigenvalue weighted by Crippen LogP contribution is 2.17. The lowest BCUT2D eigenvalue weighted by Gasteiger charge is -2.21. The number of hydrogen-bond donors (Lipinski definition) is 0. The van der Waals surface area contributed by atoms with Crippen molar-refractivity contribution in [3.8, 4) is 0 Å². The van der Waals surface area contributed by atoms with E-state index in [2.05, 4.69) is 4.98 Å². The lowest BCUT2D eigenvalue weighted by molar-refractivity contribution is -0.118. The van der Waals surface area contributed by atoms with Crippen LogP contribution in [0.4, 0.5) is 5.82 Å². The quantitative estimate of drug-likeness (QED) is 0.596. The first-order valence-electron chi connectivity index (χ1n) is 4.56. The van der Waals surface area contributed by atoms with Gasteiger partial charge < -0.3 is 9.47 Å². The Hall–Kier alpha value is -1.32. The Kier molecular flexibility index (Phi) is 2.04. The van der Waals surface area contributed by atoms with Crippen molar-refractivity contribution in [2.24, 2.45) is 0 Å². The molecule has 4 heteroatoms. The van der Waals surface area contributed by atoms with Gasteiger partial charge in [-0.15, -0.1) is 0 Å². The number of amides is 1. The Morgan fingerprint density at radius 2 is 2.31 bits per heavy atom. The number of hydrogen-bond acceptors (Lipinski definition) is 2. The lowest BCUT2D eigenvalue weighted by atomic mass is 10.2. The second-order valence-corrected chi connectivity index (χ2v) is 3.36. The molecule has 2 heterocycles. The largest absolute Gasteiger partial charge is 0.317 e. The third-order valence-corrected chi connectivity index (χ3v) is 2.45. The molecule has 1 aromatic rings. The molecule has 1 amide bonds. The van der Waals surface area contributed by atoms with Crippen LogP contribution in [-0.2, 0) is 11.3 Å². The predicted molar refractivity (Wildman–Crippen MR) is 49.5 cm³/mol. The van der Waals surface area contributed by atoms with E-state index in [0.29, 0.717) is 6.42 Å². The van der Waals surface area contributed by atoms with Gasteiger partial charge in [-0.1, -0.05) is 0 Å². The van der Waals surface area contributed by atoms with Crippen molar-refractivity contribution in [2.45, 2.75) is 25.8 Å². The summed E-state index contributed by atoms with van der Waals surface area (Å²) < 4.78 is 2.02. The molecule has 4 nitrogen and oxygen atoms in total. The highest BCUT2D eigenvalue weighted by atomic mass is 16.2. The van der Waals surface area contributed by atoms with Crippen molar-refractivity contribution in [3.63, 3.8) is 0 Å². The summed E-state index contributed by atoms with van der Waals surface area (Å²) in [5.74, 6) is 1.09. The van der Waals surface area contributed by atoms with Crippen LogP contribution in [0.1, 0.15) is 19.3 Å². The fraction of sp³-hybridized carbons (Fsp3) is 0.556. The molecule has 0 fully saturated rings. The Balaban J connectivity index is 2.34. The van der Waals surface area contributed by atoms with E-state index in [0.717, 1.165) is 25.2 Å². The molecule has 0 bridgehead atoms. The van der Waals surface area contributed by atoms with Gasteiger partial charge in [-0.05, 0) is 12.8 Å². The summed E-state index contributed by atoms with van der Waals surface area (Å²) in [5, 5.41) is 0. The van der Waals surface area contributed by atoms with Crippen molar-refractivity contribution in [1.82, 2.24) is 9.55 Å². The topological polar surface area (TPSA) is 38.1 Å². The molecule has 1 aliphatic heterocycles. The molecule has 1 aromatic heterocycles. The number of fused-ring (bicyclic) bond motifs is 1. The van der Waals surface area contributed by atoms with E-state index >= 15 is 0 Å². The maximum absolute atomic E-state index is 11.5. The maximum Gasteiger partial charge on any atom is 0.227 e. The van der Waals surface area contributed by atoms with Gasteiger partial charge in [0.05, 0.1) is 12.5 Å². The molecule has 1 aliphatic rings. The van der Waals surface area contributed by atoms with E-state index in [1.54, 1.807) is 24.5 Å². The lowest BCUT2D eigenvalue weighted by Crippen LogP contribution is -2.29. The van der Waals surface area contributed by atoms with Crippen LogP contribution in [0, 0.1) is 0 Å². The van der Waals surface area contributed by atoms with Gasteiger partial charge in [-0.2, -0.15) is 0 Å². The van der Waals surface area contributed by atoms with E-state index < -0.39 is 0 Å². The van der Waals surface area contributed by atoms with Crippen LogP contribution < -0.4 is 4.90 Å². The van der Waals surface area contributed by atoms with Crippen LogP contribution in [0.3, 0.4) is 0 Å². The fourth-order valence-electron chi connectivity index (χ4n) is 1.62. The molecule has 0 N–H and O–H groups in total. The molecule has 0 saturated carbocycles. The smallest absolute Gasteiger partial charge is 0.227 e. The molecule has 0 saturated heterocycles. The predicted octanol–water partition coefficient (Wildman–Crippen LogP) is 1.03. The number of rotatable bonds is 0. The second kappa shape index (κ2) is 3.20. The Labute approximate surface area is 77.2 Å². The van der Waals surface area contributed by atoms with E-state index in [1.807, 2.05) is 4.57 Å². The molecule has 0 aliphatic carbocycles. The normalized spacial score (nSPS) is 17.9. The Morgan fingerprint density at radius 1 is 1.46 bits per heavy atom. The summed E-state index contributed by atoms with van der Waals surface area (Å²) in [4.78, 5) is 17.2. The third kappa shape index (κ3) is 1.43. The van der Waals surface area contributed by atoms with Crippen molar-refractivity contribution in [1.29, 1.82) is 0 Å². The van der Waals surface area contributed by atoms with Crippen molar-refractivity contribution in [3.05, 3.63) is 12.5 Å². The molecule has 0 atom stereocenters. The molecule has 70 valence electrons. The number of nitrogens with zero attached hydrogens (tertiary/aromatic N) is 3. The second-order valence-electron chi connectivity index (χ2n) is 3.36. The number of aromatic nitrogens is 2. The average molecular weight is 179 g/mol. The first-order chi connectivity index (χ1) is 6.29. The zero-order valence-electron chi connectivity index (χ0n) is 7.73. The minimum absolute atomic E-state index is 0.182. The van der Waals surface area contributed by atoms with Crippen LogP contribution in [0.5, 0.6) is 0 Å². The van der Waals surface area contributed by atoms with Gasteiger partial charge in [0.1, 0.15) is 5.82 Å². The Bertz CT molecular complexity index is 318. The van der Waals surface area contributed by atoms with Gasteiger partial charge >= 0.3 is 0 Å². The number of carbonyl (C=O) groups is 1. The third-order valence-electron chi connectivity index (χ3n) is 2.45. The van der Waals surface area contributed by atoms with Gasteiger partial charge in [0.15, 0.2) is 0 Å². The van der Waals surface area contributed by atoms with Gasteiger partial charge in [-0.25, -0.2) is 4.98 Å². The summed E-state index contributed by atoms with van der Waals surface area (Å²) in [7, 11) is 1.81. The van der Waals surface area contributed by atoms with E-state index in [-0.39, 0.29) is 5.91 Å². The summed E-state index contributed by atoms with van der Waals surface area (Å²) >= 11 is 0. The minimum atomic E-state index is 0.182. The molecule has 0 unspecified atom stereocenters. The van der Waals surface area contributed by atoms with Crippen molar-refractivity contribution >= 4 is 11.7 Å². The number of anilines is 1. The molecule has 13 heavy (non-hydrogen) atoms. The standard InChI is InChI=1S/C9H13N3O/c1-11-8-6-10-7-12(8)5-3-2-4-9(11)13/h6-7H,2-5H2,1H3. The molecular formula is C9H13N3O. The fourth-order valence-corrected chi connectivity index (χ4v) is 1.62. The summed E-state index contributed by atoms with van der Waals surface area (Å²) in [6.45, 7) is 0.965. The van der Waals surface area contributed by atoms with Crippen molar-refractivity contribution < 1.29 is 4.79 Å². The first kappa shape index (κ1) is 8.29. The van der Waals surface area contributed by atoms with Crippen LogP contribution in [-0.4, -0.2) is 22.5 Å². The highest BCUT2D eigenvalue weighted by molar-refractivity contribution is 5.91. The van der Waals surface area contributed by atoms with E-state index in [4.69, 9.17) is 0 Å². The zero-order chi connectivity index (χ0) is 9.26. The minimum Gasteiger partial charge on any atom is -0.317 e. The molecule has 2 rings (SSSR count). The number of imidazole rings is 1. The van der Waals surface area contributed by atoms with Crippen molar-refractivity contribution in [2.75, 3.05) is 11.9 Å². The molecule has 0 spiro atoms. The van der Waals surface area contributed by atoms with Crippen LogP contribution >= 0.6 is 0 Å². The summed E-state index contributed by atoms with van der Waals surface area (Å²) in [6, 6.07) is 0. The molecule has 0 radical (unpaired) electrons. The zero-order valence-corrected chi connectivity index (χ0v) is 7.73. The van der Waals surface area contributed by atoms with E-state index in [9.17, 15) is 4.79 Å². The summed E-state index contributed by atoms with van der Waals surface area (Å²) in [6.07, 6.45) is 6.21. The Morgan fingerprint density at radius 3 is 3.15 bits per heavy atom. The first-order valence-corrected chi connectivity index (χ1v) is 4.56. The summed E-state index contributed by atoms with van der Waals surface area (Å²) in [5.41, 5.74) is 0. The monoisotopic (exact) mass is 179 g/mol. The van der Waals surface area contributed by atoms with E-state index in [1.165, 1.54) is 0 Å². The number of carbonyl (C=O) groups excluding carboxylic acids is 1. The van der Waals surface area contributed by atoms with Gasteiger partial charge in [0, 0.05) is 20.0 Å². The SMILES string of the molecule is CN1C(=O)CCCCn2cncc21. The molecule has 0 aromatic carbocycles. The highest BCUT2D eigenvalue weighted by Gasteiger charge is 2.16. The van der Waals surface area contributed by atoms with Gasteiger partial charge in [0.2, 0.25) is 5.91 Å². The number of aryl methyl sites for hydroxylation is 1. The maximum atomic E-state index is 11.5. The van der Waals surface area contributed by atoms with Crippen LogP contribution in [0.2, 0.25) is 0 Å². The van der Waals surface area contributed by atoms with Crippen LogP contribution in [0.25, 0.3) is 0 Å². The molecular weight excluding hydrogens is 166 g/mol. The van der Waals surface area contributed by atoms with Gasteiger partial charge in [-0.3, -0.25) is 4.79 Å². The average Bonchev–Trinajstić information content (AvgIpc) is 2.56. The van der Waals surface area contributed by atoms with Crippen LogP contribution in [0.15, 0.2) is 12.5 Å².